The second-order valence-corrected chi connectivity index (χ2v) is 4.99. The molecule has 2 rings (SSSR count). The molecule has 0 saturated carbocycles. The van der Waals surface area contributed by atoms with E-state index in [9.17, 15) is 4.79 Å². The molecule has 1 heterocycles. The molecule has 1 aromatic heterocycles. The summed E-state index contributed by atoms with van der Waals surface area (Å²) in [5.41, 5.74) is 9.31. The van der Waals surface area contributed by atoms with Gasteiger partial charge in [0.05, 0.1) is 5.92 Å². The van der Waals surface area contributed by atoms with Gasteiger partial charge in [0.1, 0.15) is 0 Å². The van der Waals surface area contributed by atoms with Crippen LogP contribution >= 0.6 is 11.3 Å². The Bertz CT molecular complexity index is 450. The first kappa shape index (κ1) is 12.0. The highest BCUT2D eigenvalue weighted by atomic mass is 32.1. The summed E-state index contributed by atoms with van der Waals surface area (Å²) in [6.07, 6.45) is 3.08. The van der Waals surface area contributed by atoms with Crippen molar-refractivity contribution in [2.45, 2.75) is 25.2 Å². The van der Waals surface area contributed by atoms with E-state index in [1.807, 2.05) is 0 Å². The summed E-state index contributed by atoms with van der Waals surface area (Å²) in [4.78, 5) is 16.0. The fourth-order valence-corrected chi connectivity index (χ4v) is 3.14. The minimum Gasteiger partial charge on any atom is -0.355 e. The third-order valence-corrected chi connectivity index (χ3v) is 3.94. The highest BCUT2D eigenvalue weighted by Crippen LogP contribution is 2.34. The lowest BCUT2D eigenvalue weighted by molar-refractivity contribution is -0.122. The van der Waals surface area contributed by atoms with Crippen molar-refractivity contribution >= 4 is 17.2 Å². The van der Waals surface area contributed by atoms with Crippen molar-refractivity contribution in [3.8, 4) is 0 Å². The Morgan fingerprint density at radius 2 is 2.59 bits per heavy atom. The SMILES string of the molecule is [N-]=[N+]=NCCNC(=O)C1CCCc2sccc21. The van der Waals surface area contributed by atoms with Crippen molar-refractivity contribution in [2.75, 3.05) is 13.1 Å². The van der Waals surface area contributed by atoms with Crippen molar-refractivity contribution in [3.05, 3.63) is 32.3 Å². The number of hydrogen-bond donors (Lipinski definition) is 1. The van der Waals surface area contributed by atoms with Crippen LogP contribution in [0.1, 0.15) is 29.2 Å². The van der Waals surface area contributed by atoms with E-state index in [4.69, 9.17) is 5.53 Å². The van der Waals surface area contributed by atoms with Gasteiger partial charge in [-0.05, 0) is 41.8 Å². The van der Waals surface area contributed by atoms with Crippen molar-refractivity contribution in [1.82, 2.24) is 5.32 Å². The van der Waals surface area contributed by atoms with Crippen LogP contribution in [0.4, 0.5) is 0 Å². The molecule has 0 radical (unpaired) electrons. The second kappa shape index (κ2) is 5.70. The van der Waals surface area contributed by atoms with Crippen molar-refractivity contribution in [1.29, 1.82) is 0 Å². The summed E-state index contributed by atoms with van der Waals surface area (Å²) in [7, 11) is 0. The molecule has 1 atom stereocenters. The summed E-state index contributed by atoms with van der Waals surface area (Å²) < 4.78 is 0. The summed E-state index contributed by atoms with van der Waals surface area (Å²) in [5, 5.41) is 8.26. The van der Waals surface area contributed by atoms with Crippen LogP contribution in [0, 0.1) is 0 Å². The molecule has 1 unspecified atom stereocenters. The predicted molar refractivity (Wildman–Crippen MR) is 67.0 cm³/mol. The summed E-state index contributed by atoms with van der Waals surface area (Å²) in [6, 6.07) is 2.05. The Morgan fingerprint density at radius 1 is 1.71 bits per heavy atom. The average molecular weight is 250 g/mol. The topological polar surface area (TPSA) is 77.9 Å². The van der Waals surface area contributed by atoms with E-state index in [2.05, 4.69) is 26.8 Å². The van der Waals surface area contributed by atoms with Gasteiger partial charge >= 0.3 is 0 Å². The number of nitrogens with zero attached hydrogens (tertiary/aromatic N) is 3. The van der Waals surface area contributed by atoms with Crippen molar-refractivity contribution < 1.29 is 4.79 Å². The van der Waals surface area contributed by atoms with E-state index >= 15 is 0 Å². The van der Waals surface area contributed by atoms with Gasteiger partial charge < -0.3 is 5.32 Å². The Kier molecular flexibility index (Phi) is 4.01. The van der Waals surface area contributed by atoms with E-state index in [-0.39, 0.29) is 11.8 Å². The molecule has 1 aliphatic carbocycles. The molecule has 0 aromatic carbocycles. The van der Waals surface area contributed by atoms with Gasteiger partial charge in [-0.2, -0.15) is 0 Å². The van der Waals surface area contributed by atoms with Crippen LogP contribution in [0.2, 0.25) is 0 Å². The molecular weight excluding hydrogens is 236 g/mol. The first-order valence-electron chi connectivity index (χ1n) is 5.67. The molecule has 1 aromatic rings. The minimum atomic E-state index is -0.0175. The maximum Gasteiger partial charge on any atom is 0.227 e. The summed E-state index contributed by atoms with van der Waals surface area (Å²) >= 11 is 1.73. The zero-order valence-corrected chi connectivity index (χ0v) is 10.2. The van der Waals surface area contributed by atoms with Gasteiger partial charge in [0.2, 0.25) is 5.91 Å². The maximum absolute atomic E-state index is 12.0. The monoisotopic (exact) mass is 250 g/mol. The smallest absolute Gasteiger partial charge is 0.227 e. The number of carbonyl (C=O) groups excluding carboxylic acids is 1. The Balaban J connectivity index is 1.95. The average Bonchev–Trinajstić information content (AvgIpc) is 2.82. The van der Waals surface area contributed by atoms with E-state index in [1.165, 1.54) is 10.4 Å². The van der Waals surface area contributed by atoms with Gasteiger partial charge in [0.15, 0.2) is 0 Å². The van der Waals surface area contributed by atoms with Gasteiger partial charge in [0.25, 0.3) is 0 Å². The van der Waals surface area contributed by atoms with Crippen LogP contribution in [0.3, 0.4) is 0 Å². The number of aryl methyl sites for hydroxylation is 1. The first-order chi connectivity index (χ1) is 8.33. The zero-order valence-electron chi connectivity index (χ0n) is 9.43. The Hall–Kier alpha value is -1.52. The van der Waals surface area contributed by atoms with Crippen LogP contribution in [0.25, 0.3) is 10.4 Å². The van der Waals surface area contributed by atoms with Gasteiger partial charge in [0, 0.05) is 22.9 Å². The molecule has 1 amide bonds. The number of hydrogen-bond acceptors (Lipinski definition) is 3. The fraction of sp³-hybridized carbons (Fsp3) is 0.545. The van der Waals surface area contributed by atoms with Gasteiger partial charge in [-0.3, -0.25) is 4.79 Å². The lowest BCUT2D eigenvalue weighted by Gasteiger charge is -2.21. The van der Waals surface area contributed by atoms with E-state index < -0.39 is 0 Å². The number of fused-ring (bicyclic) bond motifs is 1. The van der Waals surface area contributed by atoms with Crippen LogP contribution < -0.4 is 5.32 Å². The van der Waals surface area contributed by atoms with Gasteiger partial charge in [-0.25, -0.2) is 0 Å². The molecule has 0 fully saturated rings. The van der Waals surface area contributed by atoms with Gasteiger partial charge in [-0.1, -0.05) is 5.11 Å². The van der Waals surface area contributed by atoms with Crippen LogP contribution in [0.15, 0.2) is 16.6 Å². The molecule has 0 saturated heterocycles. The Morgan fingerprint density at radius 3 is 3.41 bits per heavy atom. The fourth-order valence-electron chi connectivity index (χ4n) is 2.16. The first-order valence-corrected chi connectivity index (χ1v) is 6.55. The van der Waals surface area contributed by atoms with Crippen molar-refractivity contribution in [3.63, 3.8) is 0 Å². The van der Waals surface area contributed by atoms with E-state index in [0.29, 0.717) is 13.1 Å². The zero-order chi connectivity index (χ0) is 12.1. The maximum atomic E-state index is 12.0. The Labute approximate surface area is 103 Å². The lowest BCUT2D eigenvalue weighted by Crippen LogP contribution is -2.32. The molecule has 17 heavy (non-hydrogen) atoms. The molecule has 5 nitrogen and oxygen atoms in total. The molecule has 6 heteroatoms. The number of thiophene rings is 1. The largest absolute Gasteiger partial charge is 0.355 e. The number of amides is 1. The molecule has 1 N–H and O–H groups in total. The van der Waals surface area contributed by atoms with Crippen LogP contribution in [0.5, 0.6) is 0 Å². The molecular formula is C11H14N4OS. The van der Waals surface area contributed by atoms with Crippen molar-refractivity contribution in [2.24, 2.45) is 5.11 Å². The summed E-state index contributed by atoms with van der Waals surface area (Å²) in [5.74, 6) is 0.0357. The predicted octanol–water partition coefficient (Wildman–Crippen LogP) is 2.59. The normalized spacial score (nSPS) is 18.0. The van der Waals surface area contributed by atoms with E-state index in [0.717, 1.165) is 19.3 Å². The van der Waals surface area contributed by atoms with E-state index in [1.54, 1.807) is 11.3 Å². The highest BCUT2D eigenvalue weighted by Gasteiger charge is 2.26. The minimum absolute atomic E-state index is 0.0175. The van der Waals surface area contributed by atoms with Gasteiger partial charge in [-0.15, -0.1) is 11.3 Å². The third-order valence-electron chi connectivity index (χ3n) is 2.94. The molecule has 1 aliphatic rings. The number of azide groups is 1. The number of carbonyl (C=O) groups is 1. The third kappa shape index (κ3) is 2.78. The second-order valence-electron chi connectivity index (χ2n) is 3.99. The van der Waals surface area contributed by atoms with Crippen LogP contribution in [-0.2, 0) is 11.2 Å². The highest BCUT2D eigenvalue weighted by molar-refractivity contribution is 7.10. The lowest BCUT2D eigenvalue weighted by atomic mass is 9.87. The molecule has 0 bridgehead atoms. The molecule has 90 valence electrons. The molecule has 0 aliphatic heterocycles. The quantitative estimate of drug-likeness (QED) is 0.379. The number of nitrogens with one attached hydrogen (secondary N) is 1. The summed E-state index contributed by atoms with van der Waals surface area (Å²) in [6.45, 7) is 0.727. The van der Waals surface area contributed by atoms with Crippen LogP contribution in [-0.4, -0.2) is 19.0 Å². The standard InChI is InChI=1S/C11H14N4OS/c12-15-14-6-5-13-11(16)9-2-1-3-10-8(9)4-7-17-10/h4,7,9H,1-3,5-6H2,(H,13,16). The number of rotatable bonds is 4. The molecule has 0 spiro atoms.